The smallest absolute Gasteiger partial charge is 0.269 e. The SMILES string of the molecule is Cc1ccccc1/C=N/N=c1\scc(-c2ccc([N+](=O)[O-])cc2)n1C. The minimum absolute atomic E-state index is 0.0781. The van der Waals surface area contributed by atoms with Gasteiger partial charge < -0.3 is 4.57 Å². The van der Waals surface area contributed by atoms with Crippen LogP contribution in [0.2, 0.25) is 0 Å². The van der Waals surface area contributed by atoms with E-state index in [1.807, 2.05) is 48.2 Å². The van der Waals surface area contributed by atoms with Crippen LogP contribution >= 0.6 is 11.3 Å². The molecule has 126 valence electrons. The van der Waals surface area contributed by atoms with Gasteiger partial charge >= 0.3 is 0 Å². The third kappa shape index (κ3) is 3.72. The third-order valence-electron chi connectivity index (χ3n) is 3.83. The maximum Gasteiger partial charge on any atom is 0.269 e. The van der Waals surface area contributed by atoms with E-state index in [2.05, 4.69) is 10.2 Å². The fourth-order valence-electron chi connectivity index (χ4n) is 2.35. The Kier molecular flexibility index (Phi) is 4.85. The minimum atomic E-state index is -0.404. The van der Waals surface area contributed by atoms with Gasteiger partial charge in [0.05, 0.1) is 16.8 Å². The van der Waals surface area contributed by atoms with E-state index in [4.69, 9.17) is 0 Å². The van der Waals surface area contributed by atoms with Crippen molar-refractivity contribution in [3.8, 4) is 11.3 Å². The van der Waals surface area contributed by atoms with Crippen LogP contribution in [0.15, 0.2) is 64.1 Å². The summed E-state index contributed by atoms with van der Waals surface area (Å²) >= 11 is 1.47. The van der Waals surface area contributed by atoms with Crippen molar-refractivity contribution in [1.29, 1.82) is 0 Å². The lowest BCUT2D eigenvalue weighted by atomic mass is 10.1. The predicted molar refractivity (Wildman–Crippen MR) is 99.7 cm³/mol. The van der Waals surface area contributed by atoms with Gasteiger partial charge in [0.15, 0.2) is 0 Å². The minimum Gasteiger partial charge on any atom is -0.318 e. The number of non-ortho nitro benzene ring substituents is 1. The predicted octanol–water partition coefficient (Wildman–Crippen LogP) is 3.91. The first kappa shape index (κ1) is 16.8. The molecular weight excluding hydrogens is 336 g/mol. The zero-order valence-electron chi connectivity index (χ0n) is 13.8. The molecule has 0 aliphatic rings. The Morgan fingerprint density at radius 3 is 2.56 bits per heavy atom. The quantitative estimate of drug-likeness (QED) is 0.406. The monoisotopic (exact) mass is 352 g/mol. The summed E-state index contributed by atoms with van der Waals surface area (Å²) in [6.07, 6.45) is 1.74. The van der Waals surface area contributed by atoms with E-state index < -0.39 is 4.92 Å². The Bertz CT molecular complexity index is 1000. The van der Waals surface area contributed by atoms with Gasteiger partial charge in [0, 0.05) is 24.6 Å². The molecule has 0 radical (unpaired) electrons. The molecule has 0 saturated heterocycles. The number of hydrogen-bond donors (Lipinski definition) is 0. The number of nitrogens with zero attached hydrogens (tertiary/aromatic N) is 4. The summed E-state index contributed by atoms with van der Waals surface area (Å²) < 4.78 is 1.92. The molecule has 3 aromatic rings. The van der Waals surface area contributed by atoms with Crippen molar-refractivity contribution in [1.82, 2.24) is 4.57 Å². The first-order chi connectivity index (χ1) is 12.1. The number of aromatic nitrogens is 1. The maximum atomic E-state index is 10.8. The average molecular weight is 352 g/mol. The Balaban J connectivity index is 1.88. The number of thiazole rings is 1. The molecule has 7 heteroatoms. The van der Waals surface area contributed by atoms with Crippen LogP contribution in [0.25, 0.3) is 11.3 Å². The molecule has 0 amide bonds. The van der Waals surface area contributed by atoms with Gasteiger partial charge in [0.2, 0.25) is 4.80 Å². The Morgan fingerprint density at radius 2 is 1.88 bits per heavy atom. The second kappa shape index (κ2) is 7.23. The van der Waals surface area contributed by atoms with Crippen LogP contribution in [0.5, 0.6) is 0 Å². The summed E-state index contributed by atoms with van der Waals surface area (Å²) in [5.74, 6) is 0. The highest BCUT2D eigenvalue weighted by Gasteiger charge is 2.08. The Labute approximate surface area is 148 Å². The second-order valence-corrected chi connectivity index (χ2v) is 6.30. The maximum absolute atomic E-state index is 10.8. The molecule has 2 aromatic carbocycles. The van der Waals surface area contributed by atoms with Crippen molar-refractivity contribution >= 4 is 23.2 Å². The molecule has 0 bridgehead atoms. The van der Waals surface area contributed by atoms with Crippen LogP contribution in [0.3, 0.4) is 0 Å². The lowest BCUT2D eigenvalue weighted by Crippen LogP contribution is -2.10. The van der Waals surface area contributed by atoms with Crippen LogP contribution in [0.1, 0.15) is 11.1 Å². The fraction of sp³-hybridized carbons (Fsp3) is 0.111. The topological polar surface area (TPSA) is 72.8 Å². The van der Waals surface area contributed by atoms with E-state index in [0.717, 1.165) is 27.2 Å². The average Bonchev–Trinajstić information content (AvgIpc) is 2.97. The van der Waals surface area contributed by atoms with Crippen LogP contribution in [0, 0.1) is 17.0 Å². The van der Waals surface area contributed by atoms with E-state index in [9.17, 15) is 10.1 Å². The van der Waals surface area contributed by atoms with Gasteiger partial charge in [0.25, 0.3) is 5.69 Å². The van der Waals surface area contributed by atoms with E-state index in [1.54, 1.807) is 18.3 Å². The molecular formula is C18H16N4O2S. The van der Waals surface area contributed by atoms with Crippen molar-refractivity contribution < 1.29 is 4.92 Å². The lowest BCUT2D eigenvalue weighted by Gasteiger charge is -2.02. The molecule has 1 aromatic heterocycles. The summed E-state index contributed by atoms with van der Waals surface area (Å²) in [5, 5.41) is 21.2. The molecule has 0 aliphatic carbocycles. The molecule has 25 heavy (non-hydrogen) atoms. The van der Waals surface area contributed by atoms with Crippen molar-refractivity contribution in [3.05, 3.63) is 80.0 Å². The van der Waals surface area contributed by atoms with E-state index in [0.29, 0.717) is 0 Å². The van der Waals surface area contributed by atoms with Gasteiger partial charge in [-0.2, -0.15) is 5.10 Å². The van der Waals surface area contributed by atoms with Crippen LogP contribution in [-0.2, 0) is 7.05 Å². The molecule has 0 atom stereocenters. The van der Waals surface area contributed by atoms with Gasteiger partial charge in [0.1, 0.15) is 0 Å². The van der Waals surface area contributed by atoms with E-state index in [-0.39, 0.29) is 5.69 Å². The zero-order valence-corrected chi connectivity index (χ0v) is 14.6. The van der Waals surface area contributed by atoms with Crippen LogP contribution in [0.4, 0.5) is 5.69 Å². The molecule has 0 saturated carbocycles. The van der Waals surface area contributed by atoms with Gasteiger partial charge in [-0.1, -0.05) is 24.3 Å². The normalized spacial score (nSPS) is 12.0. The first-order valence-corrected chi connectivity index (χ1v) is 8.46. The van der Waals surface area contributed by atoms with Crippen LogP contribution in [-0.4, -0.2) is 15.7 Å². The zero-order chi connectivity index (χ0) is 17.8. The Hall–Kier alpha value is -3.06. The molecule has 0 N–H and O–H groups in total. The van der Waals surface area contributed by atoms with Gasteiger partial charge in [-0.25, -0.2) is 0 Å². The van der Waals surface area contributed by atoms with Crippen molar-refractivity contribution in [2.75, 3.05) is 0 Å². The van der Waals surface area contributed by atoms with E-state index >= 15 is 0 Å². The highest BCUT2D eigenvalue weighted by atomic mass is 32.1. The molecule has 0 aliphatic heterocycles. The summed E-state index contributed by atoms with van der Waals surface area (Å²) in [6, 6.07) is 14.4. The highest BCUT2D eigenvalue weighted by Crippen LogP contribution is 2.22. The molecule has 0 unspecified atom stereocenters. The van der Waals surface area contributed by atoms with Gasteiger partial charge in [-0.15, -0.1) is 16.4 Å². The van der Waals surface area contributed by atoms with Gasteiger partial charge in [-0.05, 0) is 35.7 Å². The number of aryl methyl sites for hydroxylation is 1. The largest absolute Gasteiger partial charge is 0.318 e. The number of hydrogen-bond acceptors (Lipinski definition) is 5. The summed E-state index contributed by atoms with van der Waals surface area (Å²) in [4.78, 5) is 11.1. The Morgan fingerprint density at radius 1 is 1.16 bits per heavy atom. The number of benzene rings is 2. The third-order valence-corrected chi connectivity index (χ3v) is 4.73. The number of nitro groups is 1. The summed E-state index contributed by atoms with van der Waals surface area (Å²) in [6.45, 7) is 2.03. The lowest BCUT2D eigenvalue weighted by molar-refractivity contribution is -0.384. The van der Waals surface area contributed by atoms with Crippen LogP contribution < -0.4 is 4.80 Å². The van der Waals surface area contributed by atoms with Gasteiger partial charge in [-0.3, -0.25) is 10.1 Å². The number of nitro benzene ring substituents is 1. The van der Waals surface area contributed by atoms with Crippen molar-refractivity contribution in [3.63, 3.8) is 0 Å². The molecule has 3 rings (SSSR count). The first-order valence-electron chi connectivity index (χ1n) is 7.58. The number of rotatable bonds is 4. The van der Waals surface area contributed by atoms with Crippen molar-refractivity contribution in [2.45, 2.75) is 6.92 Å². The highest BCUT2D eigenvalue weighted by molar-refractivity contribution is 7.07. The molecule has 0 spiro atoms. The van der Waals surface area contributed by atoms with Crippen molar-refractivity contribution in [2.24, 2.45) is 17.3 Å². The summed E-state index contributed by atoms with van der Waals surface area (Å²) in [7, 11) is 1.90. The van der Waals surface area contributed by atoms with E-state index in [1.165, 1.54) is 23.5 Å². The molecule has 1 heterocycles. The molecule has 6 nitrogen and oxygen atoms in total. The fourth-order valence-corrected chi connectivity index (χ4v) is 3.21. The second-order valence-electron chi connectivity index (χ2n) is 5.47. The summed E-state index contributed by atoms with van der Waals surface area (Å²) in [5.41, 5.74) is 4.08. The standard InChI is InChI=1S/C18H16N4O2S/c1-13-5-3-4-6-15(13)11-19-20-18-21(2)17(12-25-18)14-7-9-16(10-8-14)22(23)24/h3-12H,1-2H3/b19-11+,20-18-. The molecule has 0 fully saturated rings.